The van der Waals surface area contributed by atoms with Crippen LogP contribution in [0, 0.1) is 0 Å². The lowest BCUT2D eigenvalue weighted by Crippen LogP contribution is -2.23. The van der Waals surface area contributed by atoms with Crippen LogP contribution in [-0.2, 0) is 28.5 Å². The first-order valence-electron chi connectivity index (χ1n) is 19.7. The predicted molar refractivity (Wildman–Crippen MR) is 193 cm³/mol. The van der Waals surface area contributed by atoms with Crippen molar-refractivity contribution in [3.63, 3.8) is 0 Å². The van der Waals surface area contributed by atoms with Gasteiger partial charge in [0, 0.05) is 25.8 Å². The van der Waals surface area contributed by atoms with Gasteiger partial charge in [0.2, 0.25) is 0 Å². The standard InChI is InChI=1S/C39H75NO7/c1-5-7-9-11-13-14-15-16-19-23-28-36(47-39(43)46-34-27-32-40(3)4)31-35-45-38(42)30-25-21-18-17-20-24-29-37(41)44-33-26-22-12-10-8-6-2/h36H,5-35H2,1-4H3. The summed E-state index contributed by atoms with van der Waals surface area (Å²) in [7, 11) is 3.98. The minimum atomic E-state index is -0.628. The summed E-state index contributed by atoms with van der Waals surface area (Å²) in [5.41, 5.74) is 0. The fraction of sp³-hybridized carbons (Fsp3) is 0.923. The molecule has 0 aliphatic heterocycles. The summed E-state index contributed by atoms with van der Waals surface area (Å²) in [6.07, 6.45) is 27.4. The van der Waals surface area contributed by atoms with E-state index < -0.39 is 6.16 Å². The maximum atomic E-state index is 12.3. The lowest BCUT2D eigenvalue weighted by Gasteiger charge is -2.18. The number of hydrogen-bond donors (Lipinski definition) is 0. The van der Waals surface area contributed by atoms with Crippen molar-refractivity contribution in [2.45, 2.75) is 193 Å². The molecule has 0 aliphatic rings. The second-order valence-corrected chi connectivity index (χ2v) is 13.6. The summed E-state index contributed by atoms with van der Waals surface area (Å²) < 4.78 is 21.7. The van der Waals surface area contributed by atoms with Crippen molar-refractivity contribution in [3.8, 4) is 0 Å². The molecule has 0 aromatic carbocycles. The Kier molecular flexibility index (Phi) is 34.1. The lowest BCUT2D eigenvalue weighted by atomic mass is 10.0. The van der Waals surface area contributed by atoms with E-state index in [2.05, 4.69) is 18.7 Å². The highest BCUT2D eigenvalue weighted by Crippen LogP contribution is 2.16. The molecule has 1 atom stereocenters. The van der Waals surface area contributed by atoms with Crippen LogP contribution in [0.25, 0.3) is 0 Å². The molecule has 8 nitrogen and oxygen atoms in total. The van der Waals surface area contributed by atoms with Crippen LogP contribution in [0.4, 0.5) is 4.79 Å². The van der Waals surface area contributed by atoms with Gasteiger partial charge < -0.3 is 23.8 Å². The monoisotopic (exact) mass is 670 g/mol. The molecule has 0 aromatic rings. The van der Waals surface area contributed by atoms with Gasteiger partial charge in [0.05, 0.1) is 19.8 Å². The molecule has 278 valence electrons. The van der Waals surface area contributed by atoms with Crippen molar-refractivity contribution >= 4 is 18.1 Å². The maximum Gasteiger partial charge on any atom is 0.508 e. The van der Waals surface area contributed by atoms with Gasteiger partial charge in [-0.25, -0.2) is 4.79 Å². The van der Waals surface area contributed by atoms with Crippen molar-refractivity contribution in [1.82, 2.24) is 4.90 Å². The van der Waals surface area contributed by atoms with Crippen molar-refractivity contribution < 1.29 is 33.3 Å². The van der Waals surface area contributed by atoms with E-state index in [0.717, 1.165) is 83.6 Å². The molecule has 0 N–H and O–H groups in total. The van der Waals surface area contributed by atoms with Gasteiger partial charge in [0.15, 0.2) is 0 Å². The zero-order valence-electron chi connectivity index (χ0n) is 31.3. The van der Waals surface area contributed by atoms with Gasteiger partial charge >= 0.3 is 18.1 Å². The van der Waals surface area contributed by atoms with E-state index in [4.69, 9.17) is 18.9 Å². The summed E-state index contributed by atoms with van der Waals surface area (Å²) in [6, 6.07) is 0. The highest BCUT2D eigenvalue weighted by molar-refractivity contribution is 5.69. The highest BCUT2D eigenvalue weighted by Gasteiger charge is 2.17. The third kappa shape index (κ3) is 35.3. The number of ether oxygens (including phenoxy) is 4. The molecule has 0 rings (SSSR count). The molecule has 0 spiro atoms. The summed E-state index contributed by atoms with van der Waals surface area (Å²) >= 11 is 0. The molecule has 8 heteroatoms. The van der Waals surface area contributed by atoms with Gasteiger partial charge in [-0.2, -0.15) is 0 Å². The Labute approximate surface area is 289 Å². The Morgan fingerprint density at radius 2 is 0.894 bits per heavy atom. The lowest BCUT2D eigenvalue weighted by molar-refractivity contribution is -0.145. The second-order valence-electron chi connectivity index (χ2n) is 13.6. The molecule has 47 heavy (non-hydrogen) atoms. The van der Waals surface area contributed by atoms with E-state index in [1.165, 1.54) is 77.0 Å². The second kappa shape index (κ2) is 35.5. The average Bonchev–Trinajstić information content (AvgIpc) is 3.04. The minimum absolute atomic E-state index is 0.0747. The van der Waals surface area contributed by atoms with Crippen LogP contribution in [0.1, 0.15) is 187 Å². The van der Waals surface area contributed by atoms with Gasteiger partial charge in [-0.15, -0.1) is 0 Å². The first-order valence-corrected chi connectivity index (χ1v) is 19.7. The van der Waals surface area contributed by atoms with E-state index in [9.17, 15) is 14.4 Å². The van der Waals surface area contributed by atoms with Crippen molar-refractivity contribution in [1.29, 1.82) is 0 Å². The summed E-state index contributed by atoms with van der Waals surface area (Å²) in [5, 5.41) is 0. The molecule has 0 saturated heterocycles. The van der Waals surface area contributed by atoms with Gasteiger partial charge in [0.1, 0.15) is 6.10 Å². The highest BCUT2D eigenvalue weighted by atomic mass is 16.7. The Balaban J connectivity index is 4.03. The van der Waals surface area contributed by atoms with E-state index in [1.54, 1.807) is 0 Å². The number of carbonyl (C=O) groups excluding carboxylic acids is 3. The first-order chi connectivity index (χ1) is 22.9. The van der Waals surface area contributed by atoms with Crippen molar-refractivity contribution in [2.24, 2.45) is 0 Å². The minimum Gasteiger partial charge on any atom is -0.466 e. The third-order valence-corrected chi connectivity index (χ3v) is 8.59. The van der Waals surface area contributed by atoms with Gasteiger partial charge in [-0.1, -0.05) is 129 Å². The van der Waals surface area contributed by atoms with Crippen LogP contribution in [0.2, 0.25) is 0 Å². The molecule has 0 bridgehead atoms. The average molecular weight is 670 g/mol. The SMILES string of the molecule is CCCCCCCCCCCCC(CCOC(=O)CCCCCCCCC(=O)OCCCCCCCC)OC(=O)OCCCN(C)C. The van der Waals surface area contributed by atoms with Crippen LogP contribution < -0.4 is 0 Å². The van der Waals surface area contributed by atoms with E-state index >= 15 is 0 Å². The van der Waals surface area contributed by atoms with Crippen molar-refractivity contribution in [3.05, 3.63) is 0 Å². The van der Waals surface area contributed by atoms with Crippen molar-refractivity contribution in [2.75, 3.05) is 40.5 Å². The van der Waals surface area contributed by atoms with Gasteiger partial charge in [-0.3, -0.25) is 9.59 Å². The number of hydrogen-bond acceptors (Lipinski definition) is 8. The fourth-order valence-electron chi connectivity index (χ4n) is 5.59. The van der Waals surface area contributed by atoms with Gasteiger partial charge in [-0.05, 0) is 52.6 Å². The van der Waals surface area contributed by atoms with Crippen LogP contribution in [0.3, 0.4) is 0 Å². The molecular weight excluding hydrogens is 594 g/mol. The number of esters is 2. The van der Waals surface area contributed by atoms with Crippen LogP contribution in [0.5, 0.6) is 0 Å². The first kappa shape index (κ1) is 45.2. The molecular formula is C39H75NO7. The van der Waals surface area contributed by atoms with E-state index in [1.807, 2.05) is 14.1 Å². The Morgan fingerprint density at radius 3 is 1.40 bits per heavy atom. The predicted octanol–water partition coefficient (Wildman–Crippen LogP) is 10.7. The summed E-state index contributed by atoms with van der Waals surface area (Å²) in [5.74, 6) is -0.267. The number of rotatable bonds is 35. The molecule has 1 unspecified atom stereocenters. The Bertz CT molecular complexity index is 715. The van der Waals surface area contributed by atoms with E-state index in [-0.39, 0.29) is 24.6 Å². The molecule has 0 amide bonds. The number of nitrogens with zero attached hydrogens (tertiary/aromatic N) is 1. The number of carbonyl (C=O) groups is 3. The van der Waals surface area contributed by atoms with Crippen LogP contribution in [0.15, 0.2) is 0 Å². The van der Waals surface area contributed by atoms with Crippen LogP contribution in [-0.4, -0.2) is 69.6 Å². The molecule has 0 aromatic heterocycles. The molecule has 0 heterocycles. The molecule has 0 radical (unpaired) electrons. The largest absolute Gasteiger partial charge is 0.508 e. The Morgan fingerprint density at radius 1 is 0.468 bits per heavy atom. The van der Waals surface area contributed by atoms with E-state index in [0.29, 0.717) is 32.5 Å². The quantitative estimate of drug-likeness (QED) is 0.0374. The summed E-state index contributed by atoms with van der Waals surface area (Å²) in [4.78, 5) is 38.5. The molecule has 0 aliphatic carbocycles. The van der Waals surface area contributed by atoms with Crippen LogP contribution >= 0.6 is 0 Å². The Hall–Kier alpha value is -1.83. The molecule has 0 fully saturated rings. The zero-order chi connectivity index (χ0) is 34.6. The maximum absolute atomic E-state index is 12.3. The zero-order valence-corrected chi connectivity index (χ0v) is 31.3. The normalized spacial score (nSPS) is 11.9. The fourth-order valence-corrected chi connectivity index (χ4v) is 5.59. The third-order valence-electron chi connectivity index (χ3n) is 8.59. The topological polar surface area (TPSA) is 91.4 Å². The molecule has 0 saturated carbocycles. The number of unbranched alkanes of at least 4 members (excludes halogenated alkanes) is 19. The van der Waals surface area contributed by atoms with Gasteiger partial charge in [0.25, 0.3) is 0 Å². The smallest absolute Gasteiger partial charge is 0.466 e. The summed E-state index contributed by atoms with van der Waals surface area (Å²) in [6.45, 7) is 6.45.